The average Bonchev–Trinajstić information content (AvgIpc) is 2.89. The molecule has 0 aromatic heterocycles. The molecule has 37 heavy (non-hydrogen) atoms. The number of nitrogens with zero attached hydrogens (tertiary/aromatic N) is 1. The largest absolute Gasteiger partial charge is 0.385 e. The molecular weight excluding hydrogens is 494 g/mol. The van der Waals surface area contributed by atoms with Gasteiger partial charge in [-0.3, -0.25) is 14.8 Å². The van der Waals surface area contributed by atoms with E-state index in [9.17, 15) is 45.6 Å². The van der Waals surface area contributed by atoms with Crippen molar-refractivity contribution in [2.75, 3.05) is 0 Å². The zero-order valence-corrected chi connectivity index (χ0v) is 22.0. The smallest absolute Gasteiger partial charge is 0.364 e. The minimum absolute atomic E-state index is 0.153. The zero-order valence-electron chi connectivity index (χ0n) is 22.0. The van der Waals surface area contributed by atoms with E-state index in [1.54, 1.807) is 6.92 Å². The second-order valence-corrected chi connectivity index (χ2v) is 9.47. The van der Waals surface area contributed by atoms with Crippen molar-refractivity contribution >= 4 is 11.7 Å². The van der Waals surface area contributed by atoms with Gasteiger partial charge in [-0.1, -0.05) is 97.3 Å². The Hall–Kier alpha value is -1.26. The van der Waals surface area contributed by atoms with Gasteiger partial charge in [0.2, 0.25) is 11.7 Å². The molecule has 220 valence electrons. The van der Waals surface area contributed by atoms with Gasteiger partial charge < -0.3 is 25.5 Å². The number of Topliss-reactive ketones (excluding diaryl/α,β-unsaturated/α-hetero) is 1. The van der Waals surface area contributed by atoms with Crippen LogP contribution in [-0.2, 0) is 19.4 Å². The fourth-order valence-corrected chi connectivity index (χ4v) is 4.02. The number of ketones is 1. The number of hydrogen-bond acceptors (Lipinski definition) is 12. The fraction of sp³-hybridized carbons (Fsp3) is 0.917. The van der Waals surface area contributed by atoms with Gasteiger partial charge in [-0.15, -0.1) is 0 Å². The summed E-state index contributed by atoms with van der Waals surface area (Å²) in [5, 5.41) is 78.8. The SMILES string of the molecule is CCCCCCCCCCCCCC(O)C(=O)C(O)(OO)C(O)(N(O)C(=O)CCCCC)C(O)(O)OO. The van der Waals surface area contributed by atoms with E-state index in [4.69, 9.17) is 5.26 Å². The van der Waals surface area contributed by atoms with Crippen molar-refractivity contribution in [1.82, 2.24) is 5.06 Å². The van der Waals surface area contributed by atoms with E-state index < -0.39 is 46.8 Å². The van der Waals surface area contributed by atoms with Gasteiger partial charge in [0.25, 0.3) is 0 Å². The van der Waals surface area contributed by atoms with Crippen LogP contribution in [0.1, 0.15) is 117 Å². The molecule has 0 aromatic rings. The third-order valence-corrected chi connectivity index (χ3v) is 6.44. The van der Waals surface area contributed by atoms with Crippen molar-refractivity contribution in [2.24, 2.45) is 0 Å². The van der Waals surface area contributed by atoms with Crippen LogP contribution in [0.3, 0.4) is 0 Å². The lowest BCUT2D eigenvalue weighted by Crippen LogP contribution is -2.80. The number of aliphatic hydroxyl groups excluding tert-OH is 1. The first kappa shape index (κ1) is 35.7. The summed E-state index contributed by atoms with van der Waals surface area (Å²) in [6, 6.07) is 0. The van der Waals surface area contributed by atoms with E-state index >= 15 is 0 Å². The highest BCUT2D eigenvalue weighted by Gasteiger charge is 2.75. The summed E-state index contributed by atoms with van der Waals surface area (Å²) in [5.41, 5.74) is -4.43. The molecule has 3 unspecified atom stereocenters. The summed E-state index contributed by atoms with van der Waals surface area (Å²) in [6.45, 7) is 3.97. The van der Waals surface area contributed by atoms with E-state index in [-0.39, 0.29) is 19.3 Å². The number of amides is 1. The highest BCUT2D eigenvalue weighted by molar-refractivity contribution is 5.91. The lowest BCUT2D eigenvalue weighted by atomic mass is 9.89. The van der Waals surface area contributed by atoms with Crippen LogP contribution in [0.2, 0.25) is 0 Å². The molecule has 0 aromatic carbocycles. The van der Waals surface area contributed by atoms with Crippen molar-refractivity contribution < 1.29 is 60.6 Å². The van der Waals surface area contributed by atoms with E-state index in [0.717, 1.165) is 25.7 Å². The molecule has 0 aliphatic carbocycles. The molecule has 0 saturated heterocycles. The molecule has 0 radical (unpaired) electrons. The topological polar surface area (TPSA) is 218 Å². The Morgan fingerprint density at radius 3 is 1.59 bits per heavy atom. The summed E-state index contributed by atoms with van der Waals surface area (Å²) >= 11 is 0. The number of hydrogen-bond donors (Lipinski definition) is 8. The van der Waals surface area contributed by atoms with Crippen LogP contribution in [0.15, 0.2) is 0 Å². The monoisotopic (exact) mass is 541 g/mol. The first-order valence-electron chi connectivity index (χ1n) is 13.2. The number of aliphatic hydroxyl groups is 5. The predicted octanol–water partition coefficient (Wildman–Crippen LogP) is 2.41. The minimum Gasteiger partial charge on any atom is -0.385 e. The van der Waals surface area contributed by atoms with Crippen molar-refractivity contribution in [3.05, 3.63) is 0 Å². The number of carbonyl (C=O) groups excluding carboxylic acids is 2. The number of rotatable bonds is 23. The molecular formula is C24H47NO12. The Balaban J connectivity index is 5.17. The molecule has 1 amide bonds. The Bertz CT molecular complexity index is 649. The highest BCUT2D eigenvalue weighted by Crippen LogP contribution is 2.38. The Kier molecular flexibility index (Phi) is 17.5. The Morgan fingerprint density at radius 1 is 0.730 bits per heavy atom. The van der Waals surface area contributed by atoms with E-state index in [1.807, 2.05) is 0 Å². The molecule has 3 atom stereocenters. The lowest BCUT2D eigenvalue weighted by Gasteiger charge is -2.47. The summed E-state index contributed by atoms with van der Waals surface area (Å²) in [7, 11) is 0. The van der Waals surface area contributed by atoms with Crippen molar-refractivity contribution in [3.8, 4) is 0 Å². The first-order chi connectivity index (χ1) is 17.4. The van der Waals surface area contributed by atoms with Gasteiger partial charge in [-0.25, -0.2) is 10.5 Å². The van der Waals surface area contributed by atoms with Gasteiger partial charge in [0.1, 0.15) is 6.10 Å². The second kappa shape index (κ2) is 18.1. The van der Waals surface area contributed by atoms with Gasteiger partial charge >= 0.3 is 17.5 Å². The maximum Gasteiger partial charge on any atom is 0.364 e. The van der Waals surface area contributed by atoms with Gasteiger partial charge in [0.05, 0.1) is 0 Å². The molecule has 0 saturated carbocycles. The Morgan fingerprint density at radius 2 is 1.16 bits per heavy atom. The van der Waals surface area contributed by atoms with Gasteiger partial charge in [0, 0.05) is 6.42 Å². The third-order valence-electron chi connectivity index (χ3n) is 6.44. The highest BCUT2D eigenvalue weighted by atomic mass is 17.2. The van der Waals surface area contributed by atoms with Crippen molar-refractivity contribution in [3.63, 3.8) is 0 Å². The summed E-state index contributed by atoms with van der Waals surface area (Å²) in [4.78, 5) is 31.9. The maximum absolute atomic E-state index is 12.8. The molecule has 0 spiro atoms. The Labute approximate surface area is 218 Å². The van der Waals surface area contributed by atoms with Crippen LogP contribution in [0.5, 0.6) is 0 Å². The molecule has 0 aliphatic heterocycles. The average molecular weight is 542 g/mol. The second-order valence-electron chi connectivity index (χ2n) is 9.47. The number of hydroxylamine groups is 2. The molecule has 0 bridgehead atoms. The molecule has 13 nitrogen and oxygen atoms in total. The van der Waals surface area contributed by atoms with Crippen LogP contribution < -0.4 is 0 Å². The third kappa shape index (κ3) is 10.1. The standard InChI is InChI=1S/C24H47NO12/c1-3-5-7-8-9-10-11-12-13-14-16-17-19(26)21(28)22(29,36-34)23(30,24(31,32)37-35)25(33)20(27)18-15-6-4-2/h19,26,29-35H,3-18H2,1-2H3. The van der Waals surface area contributed by atoms with Crippen molar-refractivity contribution in [1.29, 1.82) is 0 Å². The number of unbranched alkanes of at least 4 members (excludes halogenated alkanes) is 12. The molecule has 8 N–H and O–H groups in total. The normalized spacial score (nSPS) is 16.2. The quantitative estimate of drug-likeness (QED) is 0.0307. The predicted molar refractivity (Wildman–Crippen MR) is 129 cm³/mol. The van der Waals surface area contributed by atoms with E-state index in [2.05, 4.69) is 16.7 Å². The molecule has 0 fully saturated rings. The summed E-state index contributed by atoms with van der Waals surface area (Å²) < 4.78 is 0. The van der Waals surface area contributed by atoms with Gasteiger partial charge in [-0.05, 0) is 12.8 Å². The van der Waals surface area contributed by atoms with E-state index in [1.165, 1.54) is 32.1 Å². The van der Waals surface area contributed by atoms with Gasteiger partial charge in [-0.2, -0.15) is 14.8 Å². The molecule has 0 heterocycles. The fourth-order valence-electron chi connectivity index (χ4n) is 4.02. The van der Waals surface area contributed by atoms with Gasteiger partial charge in [0.15, 0.2) is 0 Å². The van der Waals surface area contributed by atoms with Crippen LogP contribution in [-0.4, -0.2) is 81.6 Å². The van der Waals surface area contributed by atoms with Crippen LogP contribution >= 0.6 is 0 Å². The van der Waals surface area contributed by atoms with Crippen LogP contribution in [0.25, 0.3) is 0 Å². The minimum atomic E-state index is -4.47. The zero-order chi connectivity index (χ0) is 28.5. The molecule has 13 heteroatoms. The first-order valence-corrected chi connectivity index (χ1v) is 13.2. The summed E-state index contributed by atoms with van der Waals surface area (Å²) in [5.74, 6) is -12.1. The molecule has 0 rings (SSSR count). The maximum atomic E-state index is 12.8. The lowest BCUT2D eigenvalue weighted by molar-refractivity contribution is -0.582. The van der Waals surface area contributed by atoms with Crippen molar-refractivity contribution in [2.45, 2.75) is 140 Å². The summed E-state index contributed by atoms with van der Waals surface area (Å²) in [6.07, 6.45) is 9.24. The van der Waals surface area contributed by atoms with E-state index in [0.29, 0.717) is 19.3 Å². The number of carbonyl (C=O) groups is 2. The molecule has 0 aliphatic rings. The van der Waals surface area contributed by atoms with Crippen LogP contribution in [0.4, 0.5) is 0 Å². The van der Waals surface area contributed by atoms with Crippen LogP contribution in [0, 0.1) is 0 Å².